The van der Waals surface area contributed by atoms with Crippen LogP contribution in [0.25, 0.3) is 10.2 Å². The first-order valence-electron chi connectivity index (χ1n) is 11.0. The highest BCUT2D eigenvalue weighted by Crippen LogP contribution is 2.32. The van der Waals surface area contributed by atoms with Gasteiger partial charge < -0.3 is 9.80 Å². The van der Waals surface area contributed by atoms with Crippen LogP contribution in [0.15, 0.2) is 24.3 Å². The molecule has 2 aliphatic heterocycles. The van der Waals surface area contributed by atoms with E-state index in [1.807, 2.05) is 6.07 Å². The van der Waals surface area contributed by atoms with Crippen LogP contribution in [0.5, 0.6) is 0 Å². The molecule has 1 aromatic carbocycles. The highest BCUT2D eigenvalue weighted by atomic mass is 32.1. The number of fused-ring (bicyclic) bond motifs is 2. The van der Waals surface area contributed by atoms with E-state index in [2.05, 4.69) is 41.8 Å². The number of hydrogen-bond acceptors (Lipinski definition) is 4. The van der Waals surface area contributed by atoms with Crippen molar-refractivity contribution in [3.63, 3.8) is 0 Å². The number of nitrogens with zero attached hydrogens (tertiary/aromatic N) is 3. The summed E-state index contributed by atoms with van der Waals surface area (Å²) in [6.07, 6.45) is 6.24. The van der Waals surface area contributed by atoms with Gasteiger partial charge in [0.2, 0.25) is 5.91 Å². The molecule has 152 valence electrons. The third kappa shape index (κ3) is 4.57. The molecule has 0 saturated carbocycles. The zero-order valence-corrected chi connectivity index (χ0v) is 18.1. The molecule has 0 bridgehead atoms. The van der Waals surface area contributed by atoms with E-state index in [9.17, 15) is 4.79 Å². The smallest absolute Gasteiger partial charge is 0.223 e. The van der Waals surface area contributed by atoms with Gasteiger partial charge in [-0.05, 0) is 56.2 Å². The summed E-state index contributed by atoms with van der Waals surface area (Å²) in [5, 5.41) is 1.09. The Morgan fingerprint density at radius 2 is 2.11 bits per heavy atom. The van der Waals surface area contributed by atoms with Crippen molar-refractivity contribution in [2.45, 2.75) is 58.4 Å². The van der Waals surface area contributed by atoms with Crippen molar-refractivity contribution in [3.8, 4) is 0 Å². The summed E-state index contributed by atoms with van der Waals surface area (Å²) in [7, 11) is 0. The summed E-state index contributed by atoms with van der Waals surface area (Å²) >= 11 is 1.73. The van der Waals surface area contributed by atoms with Crippen LogP contribution in [0.3, 0.4) is 0 Å². The fourth-order valence-electron chi connectivity index (χ4n) is 4.82. The van der Waals surface area contributed by atoms with Crippen LogP contribution in [0.2, 0.25) is 0 Å². The van der Waals surface area contributed by atoms with Gasteiger partial charge in [-0.25, -0.2) is 4.98 Å². The maximum atomic E-state index is 13.0. The Labute approximate surface area is 172 Å². The maximum absolute atomic E-state index is 13.0. The molecular weight excluding hydrogens is 366 g/mol. The Balaban J connectivity index is 1.32. The molecule has 2 fully saturated rings. The van der Waals surface area contributed by atoms with E-state index in [0.29, 0.717) is 24.3 Å². The van der Waals surface area contributed by atoms with E-state index in [4.69, 9.17) is 4.98 Å². The number of aryl methyl sites for hydroxylation is 1. The van der Waals surface area contributed by atoms with Crippen molar-refractivity contribution in [1.82, 2.24) is 14.8 Å². The van der Waals surface area contributed by atoms with E-state index >= 15 is 0 Å². The lowest BCUT2D eigenvalue weighted by Crippen LogP contribution is -2.55. The van der Waals surface area contributed by atoms with E-state index < -0.39 is 0 Å². The Hall–Kier alpha value is -1.46. The number of amides is 1. The minimum absolute atomic E-state index is 0.338. The number of rotatable bonds is 6. The number of carbonyl (C=O) groups excluding carboxylic acids is 1. The number of likely N-dealkylation sites (tertiary alicyclic amines) is 2. The lowest BCUT2D eigenvalue weighted by atomic mass is 9.83. The molecule has 1 amide bonds. The lowest BCUT2D eigenvalue weighted by Gasteiger charge is -2.47. The average molecular weight is 400 g/mol. The predicted octanol–water partition coefficient (Wildman–Crippen LogP) is 4.59. The number of benzene rings is 1. The summed E-state index contributed by atoms with van der Waals surface area (Å²) in [5.41, 5.74) is 1.06. The molecule has 0 spiro atoms. The summed E-state index contributed by atoms with van der Waals surface area (Å²) in [5.74, 6) is 1.77. The molecule has 0 radical (unpaired) electrons. The summed E-state index contributed by atoms with van der Waals surface area (Å²) in [4.78, 5) is 22.6. The molecule has 2 saturated heterocycles. The van der Waals surface area contributed by atoms with Crippen molar-refractivity contribution >= 4 is 27.5 Å². The van der Waals surface area contributed by atoms with Gasteiger partial charge in [0.15, 0.2) is 0 Å². The number of piperidine rings is 2. The van der Waals surface area contributed by atoms with E-state index in [-0.39, 0.29) is 0 Å². The Morgan fingerprint density at radius 1 is 1.25 bits per heavy atom. The second-order valence-corrected chi connectivity index (χ2v) is 10.0. The second kappa shape index (κ2) is 8.91. The van der Waals surface area contributed by atoms with Gasteiger partial charge in [-0.1, -0.05) is 26.0 Å². The van der Waals surface area contributed by atoms with Crippen LogP contribution in [0.1, 0.15) is 51.0 Å². The Kier molecular flexibility index (Phi) is 6.32. The molecule has 5 heteroatoms. The van der Waals surface area contributed by atoms with Gasteiger partial charge in [0.05, 0.1) is 15.2 Å². The first-order chi connectivity index (χ1) is 13.6. The highest BCUT2D eigenvalue weighted by molar-refractivity contribution is 7.18. The SMILES string of the molecule is CC(C)CCN1CC[C@@H]2[C@H](CCCN2C(=O)CCc2nc3ccccc3s2)C1. The molecule has 1 aromatic heterocycles. The number of thiazole rings is 1. The van der Waals surface area contributed by atoms with E-state index in [1.54, 1.807) is 11.3 Å². The van der Waals surface area contributed by atoms with Crippen molar-refractivity contribution in [2.24, 2.45) is 11.8 Å². The summed E-state index contributed by atoms with van der Waals surface area (Å²) in [6.45, 7) is 9.10. The largest absolute Gasteiger partial charge is 0.339 e. The van der Waals surface area contributed by atoms with Crippen LogP contribution in [-0.4, -0.2) is 52.9 Å². The van der Waals surface area contributed by atoms with Crippen LogP contribution < -0.4 is 0 Å². The topological polar surface area (TPSA) is 36.4 Å². The molecule has 3 heterocycles. The van der Waals surface area contributed by atoms with Gasteiger partial charge in [0.1, 0.15) is 0 Å². The minimum Gasteiger partial charge on any atom is -0.339 e. The molecule has 4 nitrogen and oxygen atoms in total. The number of carbonyl (C=O) groups is 1. The van der Waals surface area contributed by atoms with Gasteiger partial charge in [-0.15, -0.1) is 11.3 Å². The fraction of sp³-hybridized carbons (Fsp3) is 0.652. The molecule has 2 aliphatic rings. The average Bonchev–Trinajstić information content (AvgIpc) is 3.13. The van der Waals surface area contributed by atoms with Crippen LogP contribution in [0, 0.1) is 11.8 Å². The third-order valence-corrected chi connectivity index (χ3v) is 7.48. The van der Waals surface area contributed by atoms with Crippen LogP contribution in [0.4, 0.5) is 0 Å². The van der Waals surface area contributed by atoms with Crippen LogP contribution in [-0.2, 0) is 11.2 Å². The molecular formula is C23H33N3OS. The van der Waals surface area contributed by atoms with Crippen LogP contribution >= 0.6 is 11.3 Å². The van der Waals surface area contributed by atoms with Gasteiger partial charge >= 0.3 is 0 Å². The van der Waals surface area contributed by atoms with Crippen molar-refractivity contribution < 1.29 is 4.79 Å². The van der Waals surface area contributed by atoms with Crippen molar-refractivity contribution in [2.75, 3.05) is 26.2 Å². The molecule has 0 N–H and O–H groups in total. The molecule has 0 aliphatic carbocycles. The molecule has 0 unspecified atom stereocenters. The predicted molar refractivity (Wildman–Crippen MR) is 117 cm³/mol. The van der Waals surface area contributed by atoms with E-state index in [0.717, 1.165) is 48.8 Å². The summed E-state index contributed by atoms with van der Waals surface area (Å²) in [6, 6.07) is 8.71. The minimum atomic E-state index is 0.338. The lowest BCUT2D eigenvalue weighted by molar-refractivity contribution is -0.138. The van der Waals surface area contributed by atoms with E-state index in [1.165, 1.54) is 30.6 Å². The van der Waals surface area contributed by atoms with Crippen molar-refractivity contribution in [3.05, 3.63) is 29.3 Å². The first-order valence-corrected chi connectivity index (χ1v) is 11.8. The number of hydrogen-bond donors (Lipinski definition) is 0. The monoisotopic (exact) mass is 399 g/mol. The zero-order chi connectivity index (χ0) is 19.5. The summed E-state index contributed by atoms with van der Waals surface area (Å²) < 4.78 is 1.22. The number of aromatic nitrogens is 1. The molecule has 4 rings (SSSR count). The van der Waals surface area contributed by atoms with Gasteiger partial charge in [-0.3, -0.25) is 4.79 Å². The molecule has 2 atom stereocenters. The maximum Gasteiger partial charge on any atom is 0.223 e. The first kappa shape index (κ1) is 19.8. The van der Waals surface area contributed by atoms with Crippen molar-refractivity contribution in [1.29, 1.82) is 0 Å². The standard InChI is InChI=1S/C23H33N3OS/c1-17(2)11-14-25-15-12-20-18(16-25)6-5-13-26(20)23(27)10-9-22-24-19-7-3-4-8-21(19)28-22/h3-4,7-8,17-18,20H,5-6,9-16H2,1-2H3/t18-,20-/m1/s1. The normalized spacial score (nSPS) is 23.3. The van der Waals surface area contributed by atoms with Gasteiger partial charge in [0.25, 0.3) is 0 Å². The number of para-hydroxylation sites is 1. The zero-order valence-electron chi connectivity index (χ0n) is 17.3. The third-order valence-electron chi connectivity index (χ3n) is 6.39. The highest BCUT2D eigenvalue weighted by Gasteiger charge is 2.37. The Bertz CT molecular complexity index is 769. The Morgan fingerprint density at radius 3 is 2.93 bits per heavy atom. The quantitative estimate of drug-likeness (QED) is 0.713. The van der Waals surface area contributed by atoms with Gasteiger partial charge in [0, 0.05) is 38.5 Å². The molecule has 28 heavy (non-hydrogen) atoms. The second-order valence-electron chi connectivity index (χ2n) is 8.90. The van der Waals surface area contributed by atoms with Gasteiger partial charge in [-0.2, -0.15) is 0 Å². The molecule has 2 aromatic rings. The fourth-order valence-corrected chi connectivity index (χ4v) is 5.78.